The number of benzene rings is 1. The van der Waals surface area contributed by atoms with Gasteiger partial charge in [0.2, 0.25) is 0 Å². The van der Waals surface area contributed by atoms with Gasteiger partial charge in [-0.25, -0.2) is 14.2 Å². The summed E-state index contributed by atoms with van der Waals surface area (Å²) in [4.78, 5) is 36.2. The van der Waals surface area contributed by atoms with Crippen molar-refractivity contribution in [3.8, 4) is 0 Å². The number of aromatic nitrogens is 1. The van der Waals surface area contributed by atoms with Crippen LogP contribution in [0.2, 0.25) is 5.02 Å². The van der Waals surface area contributed by atoms with Crippen molar-refractivity contribution in [2.45, 2.75) is 44.3 Å². The zero-order valence-corrected chi connectivity index (χ0v) is 22.3. The number of carbonyl (C=O) groups excluding carboxylic acids is 1. The lowest BCUT2D eigenvalue weighted by Gasteiger charge is -2.49. The Bertz CT molecular complexity index is 1260. The second-order valence-corrected chi connectivity index (χ2v) is 10.9. The maximum atomic E-state index is 13.9. The molecule has 9 nitrogen and oxygen atoms in total. The van der Waals surface area contributed by atoms with Crippen molar-refractivity contribution in [3.63, 3.8) is 0 Å². The van der Waals surface area contributed by atoms with Gasteiger partial charge in [0, 0.05) is 52.9 Å². The minimum absolute atomic E-state index is 0.000340. The van der Waals surface area contributed by atoms with E-state index in [9.17, 15) is 19.1 Å². The average molecular weight is 563 g/mol. The number of carboxylic acid groups (broad SMARTS) is 1. The maximum Gasteiger partial charge on any atom is 0.338 e. The minimum atomic E-state index is -0.835. The molecule has 0 spiro atoms. The van der Waals surface area contributed by atoms with Gasteiger partial charge in [0.1, 0.15) is 11.9 Å². The molecule has 1 aromatic carbocycles. The molecular formula is C26H28ClFN4O5S. The maximum absolute atomic E-state index is 13.9. The van der Waals surface area contributed by atoms with E-state index in [1.165, 1.54) is 29.5 Å². The van der Waals surface area contributed by atoms with Crippen molar-refractivity contribution in [2.75, 3.05) is 26.4 Å². The second-order valence-electron chi connectivity index (χ2n) is 9.57. The topological polar surface area (TPSA) is 113 Å². The molecule has 12 heteroatoms. The summed E-state index contributed by atoms with van der Waals surface area (Å²) < 4.78 is 25.2. The number of halogens is 2. The van der Waals surface area contributed by atoms with Crippen LogP contribution in [0.3, 0.4) is 0 Å². The van der Waals surface area contributed by atoms with E-state index in [4.69, 9.17) is 26.1 Å². The first kappa shape index (κ1) is 26.7. The van der Waals surface area contributed by atoms with Crippen molar-refractivity contribution in [3.05, 3.63) is 62.5 Å². The van der Waals surface area contributed by atoms with E-state index in [0.29, 0.717) is 60.3 Å². The number of piperidine rings is 1. The van der Waals surface area contributed by atoms with Gasteiger partial charge < -0.3 is 19.9 Å². The molecule has 2 saturated heterocycles. The summed E-state index contributed by atoms with van der Waals surface area (Å²) in [7, 11) is 0. The lowest BCUT2D eigenvalue weighted by molar-refractivity contribution is -0.141. The van der Waals surface area contributed by atoms with Crippen LogP contribution in [-0.2, 0) is 19.1 Å². The first-order valence-electron chi connectivity index (χ1n) is 12.5. The molecule has 202 valence electrons. The Kier molecular flexibility index (Phi) is 8.08. The fourth-order valence-electron chi connectivity index (χ4n) is 5.52. The van der Waals surface area contributed by atoms with Gasteiger partial charge in [0.05, 0.1) is 25.4 Å². The summed E-state index contributed by atoms with van der Waals surface area (Å²) in [5.41, 5.74) is 1.38. The smallest absolute Gasteiger partial charge is 0.338 e. The van der Waals surface area contributed by atoms with Crippen LogP contribution in [0, 0.1) is 11.7 Å². The highest BCUT2D eigenvalue weighted by atomic mass is 35.5. The van der Waals surface area contributed by atoms with E-state index in [2.05, 4.69) is 15.2 Å². The van der Waals surface area contributed by atoms with Crippen molar-refractivity contribution in [1.82, 2.24) is 15.2 Å². The van der Waals surface area contributed by atoms with Gasteiger partial charge in [-0.05, 0) is 37.8 Å². The SMILES string of the molecule is CCOC(=O)C1=C(CN2C3COCC2CC(CC(=O)O)C3)NC(c2nccs2)=NC1c1ccc(F)cc1Cl. The number of rotatable bonds is 8. The molecule has 38 heavy (non-hydrogen) atoms. The Morgan fingerprint density at radius 2 is 2.08 bits per heavy atom. The molecule has 0 saturated carbocycles. The normalized spacial score (nSPS) is 25.5. The summed E-state index contributed by atoms with van der Waals surface area (Å²) in [6, 6.07) is 3.19. The Hall–Kier alpha value is -2.86. The molecule has 5 rings (SSSR count). The number of aliphatic carboxylic acids is 1. The fraction of sp³-hybridized carbons (Fsp3) is 0.462. The monoisotopic (exact) mass is 562 g/mol. The molecule has 3 unspecified atom stereocenters. The minimum Gasteiger partial charge on any atom is -0.481 e. The van der Waals surface area contributed by atoms with Gasteiger partial charge in [-0.2, -0.15) is 0 Å². The number of esters is 1. The molecule has 2 aromatic rings. The van der Waals surface area contributed by atoms with Gasteiger partial charge in [0.25, 0.3) is 0 Å². The van der Waals surface area contributed by atoms with Crippen LogP contribution in [0.1, 0.15) is 42.8 Å². The zero-order chi connectivity index (χ0) is 26.8. The third-order valence-corrected chi connectivity index (χ3v) is 8.19. The quantitative estimate of drug-likeness (QED) is 0.467. The van der Waals surface area contributed by atoms with Crippen LogP contribution < -0.4 is 5.32 Å². The summed E-state index contributed by atoms with van der Waals surface area (Å²) >= 11 is 7.86. The first-order chi connectivity index (χ1) is 18.3. The Balaban J connectivity index is 1.55. The molecule has 3 atom stereocenters. The van der Waals surface area contributed by atoms with E-state index in [0.717, 1.165) is 0 Å². The third-order valence-electron chi connectivity index (χ3n) is 7.09. The number of hydrogen-bond acceptors (Lipinski definition) is 9. The molecule has 2 fully saturated rings. The number of hydrogen-bond donors (Lipinski definition) is 2. The highest BCUT2D eigenvalue weighted by Gasteiger charge is 2.42. The number of morpholine rings is 1. The van der Waals surface area contributed by atoms with E-state index in [-0.39, 0.29) is 36.1 Å². The largest absolute Gasteiger partial charge is 0.481 e. The molecule has 0 amide bonds. The Labute approximate surface area is 228 Å². The highest BCUT2D eigenvalue weighted by Crippen LogP contribution is 2.39. The van der Waals surface area contributed by atoms with Crippen molar-refractivity contribution in [1.29, 1.82) is 0 Å². The van der Waals surface area contributed by atoms with Crippen molar-refractivity contribution < 1.29 is 28.6 Å². The van der Waals surface area contributed by atoms with Crippen LogP contribution in [0.25, 0.3) is 0 Å². The summed E-state index contributed by atoms with van der Waals surface area (Å²) in [5.74, 6) is -1.28. The van der Waals surface area contributed by atoms with Crippen molar-refractivity contribution >= 4 is 40.7 Å². The highest BCUT2D eigenvalue weighted by molar-refractivity contribution is 7.11. The molecule has 2 bridgehead atoms. The molecule has 3 aliphatic heterocycles. The molecule has 1 aromatic heterocycles. The number of nitrogens with zero attached hydrogens (tertiary/aromatic N) is 3. The van der Waals surface area contributed by atoms with Gasteiger partial charge in [-0.15, -0.1) is 11.3 Å². The number of fused-ring (bicyclic) bond motifs is 2. The van der Waals surface area contributed by atoms with Crippen LogP contribution >= 0.6 is 22.9 Å². The molecule has 0 radical (unpaired) electrons. The molecule has 0 aliphatic carbocycles. The predicted molar refractivity (Wildman–Crippen MR) is 140 cm³/mol. The summed E-state index contributed by atoms with van der Waals surface area (Å²) in [6.07, 6.45) is 3.17. The predicted octanol–water partition coefficient (Wildman–Crippen LogP) is 3.80. The van der Waals surface area contributed by atoms with Gasteiger partial charge >= 0.3 is 11.9 Å². The van der Waals surface area contributed by atoms with E-state index in [1.54, 1.807) is 13.1 Å². The average Bonchev–Trinajstić information content (AvgIpc) is 3.39. The molecular weight excluding hydrogens is 535 g/mol. The fourth-order valence-corrected chi connectivity index (χ4v) is 6.38. The van der Waals surface area contributed by atoms with Gasteiger partial charge in [-0.1, -0.05) is 17.7 Å². The summed E-state index contributed by atoms with van der Waals surface area (Å²) in [5, 5.41) is 15.3. The summed E-state index contributed by atoms with van der Waals surface area (Å²) in [6.45, 7) is 3.23. The van der Waals surface area contributed by atoms with Crippen LogP contribution in [0.15, 0.2) is 46.0 Å². The third kappa shape index (κ3) is 5.61. The number of carboxylic acids is 1. The van der Waals surface area contributed by atoms with Crippen molar-refractivity contribution in [2.24, 2.45) is 10.9 Å². The lowest BCUT2D eigenvalue weighted by Crippen LogP contribution is -2.58. The second kappa shape index (κ2) is 11.5. The number of ether oxygens (including phenoxy) is 2. The number of aliphatic imine (C=N–C) groups is 1. The molecule has 4 heterocycles. The standard InChI is InChI=1S/C26H28ClFN4O5S/c1-2-37-26(35)22-20(11-32-16-7-14(9-21(33)34)8-17(32)13-36-12-16)30-24(25-29-5-6-38-25)31-23(22)18-4-3-15(28)10-19(18)27/h3-6,10,14,16-17,23H,2,7-9,11-13H2,1H3,(H,30,31)(H,33,34). The van der Waals surface area contributed by atoms with E-state index < -0.39 is 23.8 Å². The van der Waals surface area contributed by atoms with E-state index in [1.807, 2.05) is 5.38 Å². The number of amidine groups is 1. The number of nitrogens with one attached hydrogen (secondary N) is 1. The number of carbonyl (C=O) groups is 2. The van der Waals surface area contributed by atoms with E-state index >= 15 is 0 Å². The van der Waals surface area contributed by atoms with Gasteiger partial charge in [0.15, 0.2) is 10.8 Å². The van der Waals surface area contributed by atoms with Crippen LogP contribution in [0.5, 0.6) is 0 Å². The lowest BCUT2D eigenvalue weighted by atomic mass is 9.82. The molecule has 3 aliphatic rings. The zero-order valence-electron chi connectivity index (χ0n) is 20.7. The first-order valence-corrected chi connectivity index (χ1v) is 13.7. The van der Waals surface area contributed by atoms with Crippen LogP contribution in [-0.4, -0.2) is 71.2 Å². The van der Waals surface area contributed by atoms with Gasteiger partial charge in [-0.3, -0.25) is 14.7 Å². The Morgan fingerprint density at radius 3 is 2.71 bits per heavy atom. The van der Waals surface area contributed by atoms with Crippen LogP contribution in [0.4, 0.5) is 4.39 Å². The Morgan fingerprint density at radius 1 is 1.32 bits per heavy atom. The number of thiazole rings is 1. The molecule has 2 N–H and O–H groups in total.